The molecule has 1 aliphatic rings. The van der Waals surface area contributed by atoms with Gasteiger partial charge in [0.2, 0.25) is 0 Å². The zero-order valence-corrected chi connectivity index (χ0v) is 18.4. The molecule has 1 aromatic carbocycles. The number of hydrogen-bond acceptors (Lipinski definition) is 4. The van der Waals surface area contributed by atoms with Crippen LogP contribution >= 0.6 is 35.4 Å². The highest BCUT2D eigenvalue weighted by atomic mass is 35.5. The van der Waals surface area contributed by atoms with Gasteiger partial charge in [0.1, 0.15) is 5.57 Å². The van der Waals surface area contributed by atoms with Gasteiger partial charge in [0, 0.05) is 34.2 Å². The third kappa shape index (κ3) is 4.38. The molecule has 0 unspecified atom stereocenters. The minimum absolute atomic E-state index is 0.0130. The van der Waals surface area contributed by atoms with Gasteiger partial charge in [-0.05, 0) is 62.0 Å². The van der Waals surface area contributed by atoms with Gasteiger partial charge in [0.05, 0.1) is 13.2 Å². The number of carbonyl (C=O) groups excluding carboxylic acids is 2. The Kier molecular flexibility index (Phi) is 6.43. The Balaban J connectivity index is 2.03. The molecule has 3 rings (SSSR count). The Morgan fingerprint density at radius 2 is 1.79 bits per heavy atom. The van der Waals surface area contributed by atoms with Crippen molar-refractivity contribution in [3.63, 3.8) is 0 Å². The lowest BCUT2D eigenvalue weighted by Gasteiger charge is -2.28. The van der Waals surface area contributed by atoms with Crippen molar-refractivity contribution in [3.05, 3.63) is 56.8 Å². The highest BCUT2D eigenvalue weighted by molar-refractivity contribution is 7.80. The number of nitrogens with one attached hydrogen (secondary N) is 1. The molecule has 29 heavy (non-hydrogen) atoms. The summed E-state index contributed by atoms with van der Waals surface area (Å²) in [5.41, 5.74) is 3.29. The summed E-state index contributed by atoms with van der Waals surface area (Å²) in [5.74, 6) is -0.976. The summed E-state index contributed by atoms with van der Waals surface area (Å²) >= 11 is 17.4. The number of hydrogen-bond donors (Lipinski definition) is 1. The van der Waals surface area contributed by atoms with Crippen LogP contribution in [-0.4, -0.2) is 46.7 Å². The molecule has 6 nitrogen and oxygen atoms in total. The number of methoxy groups -OCH3 is 1. The topological polar surface area (TPSA) is 63.6 Å². The van der Waals surface area contributed by atoms with E-state index < -0.39 is 11.8 Å². The lowest BCUT2D eigenvalue weighted by atomic mass is 10.1. The summed E-state index contributed by atoms with van der Waals surface area (Å²) in [4.78, 5) is 26.6. The SMILES string of the molecule is COCCN1C(=O)/C(=C\c2cc(C)n(-c3cc(Cl)cc(Cl)c3)c2C)C(=O)NC1=S. The molecule has 9 heteroatoms. The first kappa shape index (κ1) is 21.5. The lowest BCUT2D eigenvalue weighted by molar-refractivity contribution is -0.129. The molecule has 152 valence electrons. The van der Waals surface area contributed by atoms with Crippen LogP contribution in [0, 0.1) is 13.8 Å². The van der Waals surface area contributed by atoms with E-state index in [1.54, 1.807) is 24.3 Å². The summed E-state index contributed by atoms with van der Waals surface area (Å²) < 4.78 is 6.98. The number of carbonyl (C=O) groups is 2. The standard InChI is InChI=1S/C20H19Cl2N3O3S/c1-11-6-13(12(2)25(11)16-9-14(21)8-15(22)10-16)7-17-18(26)23-20(29)24(19(17)27)4-5-28-3/h6-10H,4-5H2,1-3H3,(H,23,26,29)/b17-7-. The maximum absolute atomic E-state index is 12.8. The molecule has 2 aromatic rings. The van der Waals surface area contributed by atoms with Gasteiger partial charge in [0.25, 0.3) is 11.8 Å². The average Bonchev–Trinajstić information content (AvgIpc) is 2.91. The van der Waals surface area contributed by atoms with Crippen LogP contribution in [0.25, 0.3) is 11.8 Å². The van der Waals surface area contributed by atoms with Gasteiger partial charge < -0.3 is 9.30 Å². The quantitative estimate of drug-likeness (QED) is 0.427. The van der Waals surface area contributed by atoms with Crippen LogP contribution in [0.4, 0.5) is 0 Å². The van der Waals surface area contributed by atoms with Crippen LogP contribution in [0.1, 0.15) is 17.0 Å². The molecule has 1 saturated heterocycles. The summed E-state index contributed by atoms with van der Waals surface area (Å²) in [6.07, 6.45) is 1.57. The first-order valence-corrected chi connectivity index (χ1v) is 9.92. The van der Waals surface area contributed by atoms with Crippen LogP contribution in [0.5, 0.6) is 0 Å². The van der Waals surface area contributed by atoms with Crippen LogP contribution in [0.15, 0.2) is 29.8 Å². The van der Waals surface area contributed by atoms with Gasteiger partial charge >= 0.3 is 0 Å². The number of amides is 2. The zero-order chi connectivity index (χ0) is 21.3. The van der Waals surface area contributed by atoms with Crippen molar-refractivity contribution in [2.75, 3.05) is 20.3 Å². The first-order chi connectivity index (χ1) is 13.7. The van der Waals surface area contributed by atoms with Crippen molar-refractivity contribution < 1.29 is 14.3 Å². The van der Waals surface area contributed by atoms with Crippen molar-refractivity contribution in [1.29, 1.82) is 0 Å². The average molecular weight is 452 g/mol. The molecule has 0 radical (unpaired) electrons. The molecule has 1 N–H and O–H groups in total. The van der Waals surface area contributed by atoms with E-state index in [2.05, 4.69) is 5.32 Å². The van der Waals surface area contributed by atoms with Gasteiger partial charge in [-0.3, -0.25) is 19.8 Å². The van der Waals surface area contributed by atoms with Crippen LogP contribution in [0.2, 0.25) is 10.0 Å². The van der Waals surface area contributed by atoms with Crippen molar-refractivity contribution in [1.82, 2.24) is 14.8 Å². The minimum Gasteiger partial charge on any atom is -0.383 e. The molecule has 0 aliphatic carbocycles. The highest BCUT2D eigenvalue weighted by Gasteiger charge is 2.33. The Labute approximate surface area is 184 Å². The Morgan fingerprint density at radius 1 is 1.14 bits per heavy atom. The second-order valence-corrected chi connectivity index (χ2v) is 7.82. The highest BCUT2D eigenvalue weighted by Crippen LogP contribution is 2.28. The first-order valence-electron chi connectivity index (χ1n) is 8.76. The molecular formula is C20H19Cl2N3O3S. The fraction of sp³-hybridized carbons (Fsp3) is 0.250. The van der Waals surface area contributed by atoms with Crippen LogP contribution in [0.3, 0.4) is 0 Å². The number of rotatable bonds is 5. The molecule has 1 fully saturated rings. The minimum atomic E-state index is -0.524. The van der Waals surface area contributed by atoms with E-state index in [0.29, 0.717) is 16.7 Å². The third-order valence-electron chi connectivity index (χ3n) is 4.58. The second kappa shape index (κ2) is 8.67. The fourth-order valence-electron chi connectivity index (χ4n) is 3.23. The number of ether oxygens (including phenoxy) is 1. The Hall–Kier alpha value is -2.19. The van der Waals surface area contributed by atoms with Crippen molar-refractivity contribution >= 4 is 58.4 Å². The Bertz CT molecular complexity index is 1030. The van der Waals surface area contributed by atoms with Gasteiger partial charge in [-0.2, -0.15) is 0 Å². The van der Waals surface area contributed by atoms with Crippen molar-refractivity contribution in [2.24, 2.45) is 0 Å². The van der Waals surface area contributed by atoms with Gasteiger partial charge in [0.15, 0.2) is 5.11 Å². The normalized spacial score (nSPS) is 16.0. The predicted molar refractivity (Wildman–Crippen MR) is 118 cm³/mol. The molecule has 2 heterocycles. The number of aryl methyl sites for hydroxylation is 1. The number of thiocarbonyl (C=S) groups is 1. The van der Waals surface area contributed by atoms with E-state index in [1.165, 1.54) is 12.0 Å². The molecule has 1 aliphatic heterocycles. The zero-order valence-electron chi connectivity index (χ0n) is 16.1. The molecule has 2 amide bonds. The molecule has 0 atom stereocenters. The van der Waals surface area contributed by atoms with E-state index in [0.717, 1.165) is 22.6 Å². The third-order valence-corrected chi connectivity index (χ3v) is 5.34. The number of nitrogens with zero attached hydrogens (tertiary/aromatic N) is 2. The largest absolute Gasteiger partial charge is 0.383 e. The van der Waals surface area contributed by atoms with E-state index >= 15 is 0 Å². The summed E-state index contributed by atoms with van der Waals surface area (Å²) in [7, 11) is 1.53. The Morgan fingerprint density at radius 3 is 2.41 bits per heavy atom. The lowest BCUT2D eigenvalue weighted by Crippen LogP contribution is -2.54. The summed E-state index contributed by atoms with van der Waals surface area (Å²) in [5, 5.41) is 3.67. The van der Waals surface area contributed by atoms with Crippen LogP contribution < -0.4 is 5.32 Å². The van der Waals surface area contributed by atoms with E-state index in [1.807, 2.05) is 24.5 Å². The van der Waals surface area contributed by atoms with Gasteiger partial charge in [-0.15, -0.1) is 0 Å². The van der Waals surface area contributed by atoms with E-state index in [-0.39, 0.29) is 17.2 Å². The monoisotopic (exact) mass is 451 g/mol. The van der Waals surface area contributed by atoms with Gasteiger partial charge in [-0.25, -0.2) is 0 Å². The van der Waals surface area contributed by atoms with Crippen LogP contribution in [-0.2, 0) is 14.3 Å². The molecular weight excluding hydrogens is 433 g/mol. The number of halogens is 2. The van der Waals surface area contributed by atoms with E-state index in [9.17, 15) is 9.59 Å². The number of benzene rings is 1. The van der Waals surface area contributed by atoms with Crippen molar-refractivity contribution in [3.8, 4) is 5.69 Å². The second-order valence-electron chi connectivity index (χ2n) is 6.56. The maximum atomic E-state index is 12.8. The fourth-order valence-corrected chi connectivity index (χ4v) is 4.02. The van der Waals surface area contributed by atoms with Gasteiger partial charge in [-0.1, -0.05) is 23.2 Å². The molecule has 0 saturated carbocycles. The molecule has 0 bridgehead atoms. The maximum Gasteiger partial charge on any atom is 0.265 e. The predicted octanol–water partition coefficient (Wildman–Crippen LogP) is 3.67. The smallest absolute Gasteiger partial charge is 0.265 e. The van der Waals surface area contributed by atoms with Crippen molar-refractivity contribution in [2.45, 2.75) is 13.8 Å². The summed E-state index contributed by atoms with van der Waals surface area (Å²) in [6.45, 7) is 4.38. The summed E-state index contributed by atoms with van der Waals surface area (Å²) in [6, 6.07) is 7.15. The molecule has 0 spiro atoms. The van der Waals surface area contributed by atoms with E-state index in [4.69, 9.17) is 40.2 Å². The number of aromatic nitrogens is 1. The molecule has 1 aromatic heterocycles.